The van der Waals surface area contributed by atoms with Gasteiger partial charge in [-0.2, -0.15) is 0 Å². The van der Waals surface area contributed by atoms with E-state index in [0.717, 1.165) is 48.0 Å². The number of carboxylic acids is 1. The standard InChI is InChI=1S/C27H32N4O5/c1-16-10-11-19-20(30(16)26(34)36-3)12-13-21-23(19)29-25(27(2,35)22-9-4-5-14-28-22)31(21)18-8-6-7-17(15-18)24(32)33/h4-5,9,12-14,16-18,35H,6-8,10-11,15H2,1-3H3,(H,32,33). The molecule has 4 unspecified atom stereocenters. The number of pyridine rings is 1. The number of carbonyl (C=O) groups is 2. The van der Waals surface area contributed by atoms with Crippen LogP contribution in [-0.2, 0) is 21.6 Å². The fourth-order valence-corrected chi connectivity index (χ4v) is 5.88. The predicted molar refractivity (Wildman–Crippen MR) is 134 cm³/mol. The van der Waals surface area contributed by atoms with Crippen molar-refractivity contribution in [2.45, 2.75) is 70.1 Å². The third-order valence-corrected chi connectivity index (χ3v) is 7.79. The van der Waals surface area contributed by atoms with Gasteiger partial charge in [0.25, 0.3) is 0 Å². The van der Waals surface area contributed by atoms with E-state index >= 15 is 0 Å². The van der Waals surface area contributed by atoms with Crippen LogP contribution in [0.1, 0.15) is 69.1 Å². The summed E-state index contributed by atoms with van der Waals surface area (Å²) in [6.45, 7) is 3.67. The van der Waals surface area contributed by atoms with Crippen LogP contribution in [0.25, 0.3) is 11.0 Å². The van der Waals surface area contributed by atoms with E-state index in [1.54, 1.807) is 30.2 Å². The quantitative estimate of drug-likeness (QED) is 0.554. The summed E-state index contributed by atoms with van der Waals surface area (Å²) in [6.07, 6.45) is 5.39. The number of hydrogen-bond acceptors (Lipinski definition) is 6. The molecule has 9 heteroatoms. The van der Waals surface area contributed by atoms with E-state index in [-0.39, 0.29) is 12.1 Å². The number of anilines is 1. The van der Waals surface area contributed by atoms with Crippen molar-refractivity contribution in [1.29, 1.82) is 0 Å². The molecule has 0 radical (unpaired) electrons. The Balaban J connectivity index is 1.73. The van der Waals surface area contributed by atoms with Gasteiger partial charge in [-0.15, -0.1) is 0 Å². The number of benzene rings is 1. The first-order valence-electron chi connectivity index (χ1n) is 12.5. The molecule has 1 aliphatic heterocycles. The molecule has 1 aliphatic carbocycles. The summed E-state index contributed by atoms with van der Waals surface area (Å²) < 4.78 is 7.08. The number of fused-ring (bicyclic) bond motifs is 3. The van der Waals surface area contributed by atoms with Gasteiger partial charge in [0, 0.05) is 23.8 Å². The Bertz CT molecular complexity index is 1300. The summed E-state index contributed by atoms with van der Waals surface area (Å²) in [5, 5.41) is 21.6. The first kappa shape index (κ1) is 24.2. The molecule has 190 valence electrons. The van der Waals surface area contributed by atoms with Gasteiger partial charge in [0.15, 0.2) is 5.60 Å². The third kappa shape index (κ3) is 3.91. The number of methoxy groups -OCH3 is 1. The first-order valence-corrected chi connectivity index (χ1v) is 12.5. The fourth-order valence-electron chi connectivity index (χ4n) is 5.88. The van der Waals surface area contributed by atoms with E-state index in [1.807, 2.05) is 29.7 Å². The third-order valence-electron chi connectivity index (χ3n) is 7.79. The van der Waals surface area contributed by atoms with Crippen LogP contribution in [0.3, 0.4) is 0 Å². The number of aromatic nitrogens is 3. The lowest BCUT2D eigenvalue weighted by atomic mass is 9.85. The second-order valence-corrected chi connectivity index (χ2v) is 10.1. The van der Waals surface area contributed by atoms with E-state index in [4.69, 9.17) is 9.72 Å². The van der Waals surface area contributed by atoms with Crippen LogP contribution in [0.5, 0.6) is 0 Å². The summed E-state index contributed by atoms with van der Waals surface area (Å²) in [6, 6.07) is 9.07. The van der Waals surface area contributed by atoms with Gasteiger partial charge in [0.05, 0.1) is 35.4 Å². The van der Waals surface area contributed by atoms with Crippen molar-refractivity contribution < 1.29 is 24.5 Å². The Hall–Kier alpha value is -3.46. The number of imidazole rings is 1. The second-order valence-electron chi connectivity index (χ2n) is 10.1. The van der Waals surface area contributed by atoms with E-state index in [1.165, 1.54) is 7.11 Å². The lowest BCUT2D eigenvalue weighted by Gasteiger charge is -2.34. The highest BCUT2D eigenvalue weighted by Gasteiger charge is 2.39. The molecular formula is C27H32N4O5. The summed E-state index contributed by atoms with van der Waals surface area (Å²) >= 11 is 0. The Morgan fingerprint density at radius 1 is 1.17 bits per heavy atom. The van der Waals surface area contributed by atoms with E-state index < -0.39 is 23.6 Å². The molecule has 5 rings (SSSR count). The number of rotatable bonds is 4. The van der Waals surface area contributed by atoms with Crippen LogP contribution in [0.4, 0.5) is 10.5 Å². The van der Waals surface area contributed by atoms with Crippen LogP contribution >= 0.6 is 0 Å². The second kappa shape index (κ2) is 9.20. The first-order chi connectivity index (χ1) is 17.2. The molecule has 0 spiro atoms. The Morgan fingerprint density at radius 2 is 1.97 bits per heavy atom. The van der Waals surface area contributed by atoms with Crippen molar-refractivity contribution in [2.24, 2.45) is 5.92 Å². The molecule has 9 nitrogen and oxygen atoms in total. The van der Waals surface area contributed by atoms with Gasteiger partial charge in [-0.05, 0) is 70.2 Å². The molecule has 1 fully saturated rings. The Morgan fingerprint density at radius 3 is 2.67 bits per heavy atom. The van der Waals surface area contributed by atoms with Crippen LogP contribution in [-0.4, -0.2) is 50.0 Å². The molecule has 1 amide bonds. The van der Waals surface area contributed by atoms with Crippen molar-refractivity contribution in [1.82, 2.24) is 14.5 Å². The summed E-state index contributed by atoms with van der Waals surface area (Å²) in [4.78, 5) is 35.5. The summed E-state index contributed by atoms with van der Waals surface area (Å²) in [5.74, 6) is -0.798. The highest BCUT2D eigenvalue weighted by Crippen LogP contribution is 2.43. The number of nitrogens with zero attached hydrogens (tertiary/aromatic N) is 4. The molecule has 2 aliphatic rings. The number of aryl methyl sites for hydroxylation is 1. The zero-order valence-corrected chi connectivity index (χ0v) is 20.8. The minimum atomic E-state index is -1.51. The lowest BCUT2D eigenvalue weighted by Crippen LogP contribution is -2.42. The molecule has 3 aromatic rings. The molecule has 36 heavy (non-hydrogen) atoms. The van der Waals surface area contributed by atoms with Gasteiger partial charge in [-0.25, -0.2) is 9.78 Å². The van der Waals surface area contributed by atoms with Crippen LogP contribution in [0.2, 0.25) is 0 Å². The Labute approximate surface area is 209 Å². The molecule has 4 atom stereocenters. The summed E-state index contributed by atoms with van der Waals surface area (Å²) in [7, 11) is 1.38. The molecule has 1 aromatic carbocycles. The monoisotopic (exact) mass is 492 g/mol. The van der Waals surface area contributed by atoms with Crippen molar-refractivity contribution in [3.05, 3.63) is 53.6 Å². The smallest absolute Gasteiger partial charge is 0.414 e. The molecular weight excluding hydrogens is 460 g/mol. The SMILES string of the molecule is COC(=O)N1c2ccc3c(nc(C(C)(O)c4ccccn4)n3C3CCCC(C(=O)O)C3)c2CCC1C. The lowest BCUT2D eigenvalue weighted by molar-refractivity contribution is -0.143. The minimum absolute atomic E-state index is 0.0183. The number of carboxylic acid groups (broad SMARTS) is 1. The average molecular weight is 493 g/mol. The number of ether oxygens (including phenoxy) is 1. The molecule has 2 aromatic heterocycles. The van der Waals surface area contributed by atoms with Crippen LogP contribution in [0.15, 0.2) is 36.5 Å². The molecule has 2 N–H and O–H groups in total. The normalized spacial score (nSPS) is 23.7. The Kier molecular flexibility index (Phi) is 6.20. The highest BCUT2D eigenvalue weighted by atomic mass is 16.5. The number of amides is 1. The predicted octanol–water partition coefficient (Wildman–Crippen LogP) is 4.41. The van der Waals surface area contributed by atoms with Gasteiger partial charge in [0.1, 0.15) is 5.82 Å². The maximum absolute atomic E-state index is 12.6. The topological polar surface area (TPSA) is 118 Å². The fraction of sp³-hybridized carbons (Fsp3) is 0.481. The number of hydrogen-bond donors (Lipinski definition) is 2. The number of carbonyl (C=O) groups excluding carboxylic acids is 1. The van der Waals surface area contributed by atoms with E-state index in [0.29, 0.717) is 24.4 Å². The minimum Gasteiger partial charge on any atom is -0.481 e. The van der Waals surface area contributed by atoms with Gasteiger partial charge in [0.2, 0.25) is 0 Å². The van der Waals surface area contributed by atoms with Crippen molar-refractivity contribution in [3.63, 3.8) is 0 Å². The van der Waals surface area contributed by atoms with E-state index in [2.05, 4.69) is 4.98 Å². The average Bonchev–Trinajstić information content (AvgIpc) is 3.29. The molecule has 0 bridgehead atoms. The molecule has 1 saturated carbocycles. The zero-order chi connectivity index (χ0) is 25.6. The van der Waals surface area contributed by atoms with Gasteiger partial charge < -0.3 is 19.5 Å². The van der Waals surface area contributed by atoms with Crippen LogP contribution in [0, 0.1) is 5.92 Å². The molecule has 0 saturated heterocycles. The maximum Gasteiger partial charge on any atom is 0.414 e. The van der Waals surface area contributed by atoms with Gasteiger partial charge in [-0.3, -0.25) is 14.7 Å². The maximum atomic E-state index is 12.6. The van der Waals surface area contributed by atoms with Crippen molar-refractivity contribution in [3.8, 4) is 0 Å². The van der Waals surface area contributed by atoms with Gasteiger partial charge in [-0.1, -0.05) is 12.5 Å². The van der Waals surface area contributed by atoms with Crippen LogP contribution < -0.4 is 4.90 Å². The molecule has 3 heterocycles. The van der Waals surface area contributed by atoms with Crippen molar-refractivity contribution >= 4 is 28.8 Å². The summed E-state index contributed by atoms with van der Waals surface area (Å²) in [5.41, 5.74) is 2.19. The number of aliphatic hydroxyl groups is 1. The van der Waals surface area contributed by atoms with Crippen molar-refractivity contribution in [2.75, 3.05) is 12.0 Å². The highest BCUT2D eigenvalue weighted by molar-refractivity contribution is 5.95. The van der Waals surface area contributed by atoms with E-state index in [9.17, 15) is 19.8 Å². The largest absolute Gasteiger partial charge is 0.481 e. The van der Waals surface area contributed by atoms with Gasteiger partial charge >= 0.3 is 12.1 Å². The zero-order valence-electron chi connectivity index (χ0n) is 20.8. The number of aliphatic carboxylic acids is 1.